The maximum atomic E-state index is 12.5. The largest absolute Gasteiger partial charge is 0.274 e. The van der Waals surface area contributed by atoms with E-state index in [4.69, 9.17) is 0 Å². The van der Waals surface area contributed by atoms with Gasteiger partial charge in [0.2, 0.25) is 11.8 Å². The number of pyridine rings is 1. The minimum atomic E-state index is -0.270. The number of hydrogen-bond donors (Lipinski definition) is 0. The highest BCUT2D eigenvalue weighted by atomic mass is 16.2. The van der Waals surface area contributed by atoms with E-state index in [2.05, 4.69) is 4.98 Å². The summed E-state index contributed by atoms with van der Waals surface area (Å²) < 4.78 is 0. The van der Waals surface area contributed by atoms with Crippen molar-refractivity contribution in [1.29, 1.82) is 0 Å². The van der Waals surface area contributed by atoms with Crippen LogP contribution >= 0.6 is 0 Å². The van der Waals surface area contributed by atoms with Gasteiger partial charge in [0, 0.05) is 18.8 Å². The third-order valence-corrected chi connectivity index (χ3v) is 3.76. The zero-order chi connectivity index (χ0) is 14.8. The average molecular weight is 280 g/mol. The normalized spacial score (nSPS) is 18.3. The molecule has 2 amide bonds. The van der Waals surface area contributed by atoms with Gasteiger partial charge >= 0.3 is 0 Å². The van der Waals surface area contributed by atoms with E-state index in [9.17, 15) is 9.59 Å². The molecular weight excluding hydrogens is 264 g/mol. The van der Waals surface area contributed by atoms with E-state index in [1.165, 1.54) is 10.5 Å². The van der Waals surface area contributed by atoms with Gasteiger partial charge in [0.1, 0.15) is 0 Å². The second-order valence-corrected chi connectivity index (χ2v) is 5.36. The summed E-state index contributed by atoms with van der Waals surface area (Å²) in [6, 6.07) is 11.5. The van der Waals surface area contributed by atoms with Gasteiger partial charge in [0.15, 0.2) is 0 Å². The molecule has 2 heterocycles. The van der Waals surface area contributed by atoms with E-state index in [0.717, 1.165) is 5.56 Å². The van der Waals surface area contributed by atoms with Crippen molar-refractivity contribution in [1.82, 2.24) is 4.98 Å². The number of carbonyl (C=O) groups excluding carboxylic acids is 2. The van der Waals surface area contributed by atoms with Gasteiger partial charge in [-0.1, -0.05) is 29.8 Å². The van der Waals surface area contributed by atoms with Crippen LogP contribution in [0.25, 0.3) is 0 Å². The molecule has 1 aliphatic rings. The van der Waals surface area contributed by atoms with Crippen LogP contribution in [0.4, 0.5) is 5.69 Å². The molecule has 1 fully saturated rings. The zero-order valence-corrected chi connectivity index (χ0v) is 11.8. The van der Waals surface area contributed by atoms with E-state index >= 15 is 0 Å². The number of rotatable bonds is 3. The Labute approximate surface area is 123 Å². The first-order chi connectivity index (χ1) is 10.1. The number of nitrogens with zero attached hydrogens (tertiary/aromatic N) is 2. The van der Waals surface area contributed by atoms with Crippen molar-refractivity contribution < 1.29 is 9.59 Å². The average Bonchev–Trinajstić information content (AvgIpc) is 2.77. The van der Waals surface area contributed by atoms with Crippen LogP contribution in [0.2, 0.25) is 0 Å². The van der Waals surface area contributed by atoms with Crippen molar-refractivity contribution in [3.63, 3.8) is 0 Å². The van der Waals surface area contributed by atoms with Crippen LogP contribution < -0.4 is 4.90 Å². The molecule has 4 heteroatoms. The van der Waals surface area contributed by atoms with Crippen LogP contribution in [0.3, 0.4) is 0 Å². The lowest BCUT2D eigenvalue weighted by Crippen LogP contribution is -2.30. The van der Waals surface area contributed by atoms with Crippen molar-refractivity contribution in [3.8, 4) is 0 Å². The Kier molecular flexibility index (Phi) is 3.52. The summed E-state index contributed by atoms with van der Waals surface area (Å²) in [6.07, 6.45) is 4.05. The molecule has 1 atom stereocenters. The number of imide groups is 1. The first-order valence-corrected chi connectivity index (χ1v) is 6.97. The Bertz CT molecular complexity index is 665. The monoisotopic (exact) mass is 280 g/mol. The molecule has 1 aromatic heterocycles. The molecule has 0 radical (unpaired) electrons. The van der Waals surface area contributed by atoms with Crippen molar-refractivity contribution in [2.75, 3.05) is 4.90 Å². The molecule has 0 saturated carbocycles. The second kappa shape index (κ2) is 5.48. The first kappa shape index (κ1) is 13.5. The summed E-state index contributed by atoms with van der Waals surface area (Å²) in [5.41, 5.74) is 2.88. The maximum Gasteiger partial charge on any atom is 0.237 e. The lowest BCUT2D eigenvalue weighted by atomic mass is 9.97. The summed E-state index contributed by atoms with van der Waals surface area (Å²) >= 11 is 0. The van der Waals surface area contributed by atoms with Crippen molar-refractivity contribution >= 4 is 17.5 Å². The Balaban J connectivity index is 1.79. The van der Waals surface area contributed by atoms with E-state index in [1.807, 2.05) is 31.2 Å². The lowest BCUT2D eigenvalue weighted by Gasteiger charge is -2.14. The maximum absolute atomic E-state index is 12.5. The summed E-state index contributed by atoms with van der Waals surface area (Å²) in [5, 5.41) is 0. The SMILES string of the molecule is Cc1ccc(C[C@H]2CC(=O)N(c3ccncc3)C2=O)cc1. The minimum absolute atomic E-state index is 0.119. The molecule has 1 aliphatic heterocycles. The summed E-state index contributed by atoms with van der Waals surface area (Å²) in [5.74, 6) is -0.525. The minimum Gasteiger partial charge on any atom is -0.274 e. The van der Waals surface area contributed by atoms with Gasteiger partial charge in [-0.2, -0.15) is 0 Å². The van der Waals surface area contributed by atoms with Crippen LogP contribution in [0.1, 0.15) is 17.5 Å². The topological polar surface area (TPSA) is 50.3 Å². The van der Waals surface area contributed by atoms with Gasteiger partial charge in [0.25, 0.3) is 0 Å². The van der Waals surface area contributed by atoms with Crippen LogP contribution in [0, 0.1) is 12.8 Å². The van der Waals surface area contributed by atoms with Gasteiger partial charge in [-0.05, 0) is 31.0 Å². The molecular formula is C17H16N2O2. The lowest BCUT2D eigenvalue weighted by molar-refractivity contribution is -0.122. The van der Waals surface area contributed by atoms with Crippen molar-refractivity contribution in [2.45, 2.75) is 19.8 Å². The molecule has 2 aromatic rings. The fourth-order valence-corrected chi connectivity index (χ4v) is 2.63. The highest BCUT2D eigenvalue weighted by molar-refractivity contribution is 6.20. The van der Waals surface area contributed by atoms with Crippen LogP contribution in [-0.4, -0.2) is 16.8 Å². The predicted octanol–water partition coefficient (Wildman–Crippen LogP) is 2.51. The summed E-state index contributed by atoms with van der Waals surface area (Å²) in [6.45, 7) is 2.03. The van der Waals surface area contributed by atoms with Gasteiger partial charge in [-0.15, -0.1) is 0 Å². The third kappa shape index (κ3) is 2.70. The number of aryl methyl sites for hydroxylation is 1. The Hall–Kier alpha value is -2.49. The van der Waals surface area contributed by atoms with E-state index in [-0.39, 0.29) is 24.2 Å². The number of aromatic nitrogens is 1. The molecule has 106 valence electrons. The molecule has 4 nitrogen and oxygen atoms in total. The van der Waals surface area contributed by atoms with Crippen LogP contribution in [0.15, 0.2) is 48.8 Å². The third-order valence-electron chi connectivity index (χ3n) is 3.76. The molecule has 0 spiro atoms. The van der Waals surface area contributed by atoms with Crippen molar-refractivity contribution in [2.24, 2.45) is 5.92 Å². The van der Waals surface area contributed by atoms with E-state index in [0.29, 0.717) is 12.1 Å². The number of hydrogen-bond acceptors (Lipinski definition) is 3. The molecule has 1 saturated heterocycles. The fourth-order valence-electron chi connectivity index (χ4n) is 2.63. The zero-order valence-electron chi connectivity index (χ0n) is 11.8. The smallest absolute Gasteiger partial charge is 0.237 e. The van der Waals surface area contributed by atoms with E-state index < -0.39 is 0 Å². The van der Waals surface area contributed by atoms with Crippen molar-refractivity contribution in [3.05, 3.63) is 59.9 Å². The summed E-state index contributed by atoms with van der Waals surface area (Å²) in [4.78, 5) is 29.8. The van der Waals surface area contributed by atoms with Crippen LogP contribution in [-0.2, 0) is 16.0 Å². The molecule has 0 bridgehead atoms. The molecule has 1 aromatic carbocycles. The number of anilines is 1. The highest BCUT2D eigenvalue weighted by Gasteiger charge is 2.39. The first-order valence-electron chi connectivity index (χ1n) is 6.97. The fraction of sp³-hybridized carbons (Fsp3) is 0.235. The van der Waals surface area contributed by atoms with E-state index in [1.54, 1.807) is 24.5 Å². The number of amides is 2. The Morgan fingerprint density at radius 1 is 1.10 bits per heavy atom. The van der Waals surface area contributed by atoms with Gasteiger partial charge in [-0.3, -0.25) is 19.5 Å². The highest BCUT2D eigenvalue weighted by Crippen LogP contribution is 2.28. The number of carbonyl (C=O) groups is 2. The molecule has 0 aliphatic carbocycles. The molecule has 3 rings (SSSR count). The van der Waals surface area contributed by atoms with Gasteiger partial charge < -0.3 is 0 Å². The Morgan fingerprint density at radius 3 is 2.43 bits per heavy atom. The molecule has 21 heavy (non-hydrogen) atoms. The molecule has 0 N–H and O–H groups in total. The number of benzene rings is 1. The quantitative estimate of drug-likeness (QED) is 0.812. The second-order valence-electron chi connectivity index (χ2n) is 5.36. The van der Waals surface area contributed by atoms with Gasteiger partial charge in [-0.25, -0.2) is 0 Å². The molecule has 0 unspecified atom stereocenters. The van der Waals surface area contributed by atoms with Crippen LogP contribution in [0.5, 0.6) is 0 Å². The predicted molar refractivity (Wildman–Crippen MR) is 79.7 cm³/mol. The summed E-state index contributed by atoms with van der Waals surface area (Å²) in [7, 11) is 0. The standard InChI is InChI=1S/C17H16N2O2/c1-12-2-4-13(5-3-12)10-14-11-16(20)19(17(14)21)15-6-8-18-9-7-15/h2-9,14H,10-11H2,1H3/t14-/m0/s1. The Morgan fingerprint density at radius 2 is 1.76 bits per heavy atom. The van der Waals surface area contributed by atoms with Gasteiger partial charge in [0.05, 0.1) is 11.6 Å².